The number of hydrogen-bond acceptors (Lipinski definition) is 2. The zero-order valence-corrected chi connectivity index (χ0v) is 11.6. The molecule has 2 rings (SSSR count). The summed E-state index contributed by atoms with van der Waals surface area (Å²) >= 11 is 0. The van der Waals surface area contributed by atoms with Crippen LogP contribution in [0.2, 0.25) is 0 Å². The second kappa shape index (κ2) is 6.19. The molecule has 1 N–H and O–H groups in total. The van der Waals surface area contributed by atoms with Gasteiger partial charge in [0.05, 0.1) is 11.7 Å². The maximum atomic E-state index is 6.58. The first-order chi connectivity index (χ1) is 8.29. The highest BCUT2D eigenvalue weighted by Gasteiger charge is 2.40. The van der Waals surface area contributed by atoms with Gasteiger partial charge >= 0.3 is 0 Å². The molecule has 1 heterocycles. The molecule has 1 spiro atoms. The van der Waals surface area contributed by atoms with Crippen LogP contribution in [-0.4, -0.2) is 24.3 Å². The van der Waals surface area contributed by atoms with Crippen LogP contribution in [0.4, 0.5) is 0 Å². The van der Waals surface area contributed by atoms with Gasteiger partial charge in [-0.3, -0.25) is 0 Å². The van der Waals surface area contributed by atoms with Crippen molar-refractivity contribution in [3.63, 3.8) is 0 Å². The number of ether oxygens (including phenoxy) is 1. The minimum atomic E-state index is 0.183. The Kier molecular flexibility index (Phi) is 4.87. The van der Waals surface area contributed by atoms with Crippen molar-refractivity contribution >= 4 is 0 Å². The molecule has 2 aliphatic rings. The normalized spacial score (nSPS) is 33.5. The fourth-order valence-corrected chi connectivity index (χ4v) is 3.51. The molecule has 0 aromatic heterocycles. The molecule has 0 amide bonds. The lowest BCUT2D eigenvalue weighted by Crippen LogP contribution is -2.58. The van der Waals surface area contributed by atoms with Gasteiger partial charge in [-0.15, -0.1) is 0 Å². The molecule has 2 heteroatoms. The van der Waals surface area contributed by atoms with E-state index in [1.54, 1.807) is 0 Å². The SMILES string of the molecule is CCCC1OC2(CCCCCC2)CNC1CC. The molecule has 2 fully saturated rings. The van der Waals surface area contributed by atoms with Crippen molar-refractivity contribution in [1.29, 1.82) is 0 Å². The Balaban J connectivity index is 2.00. The summed E-state index contributed by atoms with van der Waals surface area (Å²) in [4.78, 5) is 0. The van der Waals surface area contributed by atoms with Gasteiger partial charge in [-0.25, -0.2) is 0 Å². The molecular formula is C15H29NO. The topological polar surface area (TPSA) is 21.3 Å². The van der Waals surface area contributed by atoms with Gasteiger partial charge in [0.15, 0.2) is 0 Å². The largest absolute Gasteiger partial charge is 0.369 e. The molecule has 17 heavy (non-hydrogen) atoms. The van der Waals surface area contributed by atoms with E-state index in [1.165, 1.54) is 57.8 Å². The summed E-state index contributed by atoms with van der Waals surface area (Å²) in [6, 6.07) is 0.587. The van der Waals surface area contributed by atoms with E-state index < -0.39 is 0 Å². The highest BCUT2D eigenvalue weighted by Crippen LogP contribution is 2.35. The molecule has 2 nitrogen and oxygen atoms in total. The lowest BCUT2D eigenvalue weighted by atomic mass is 9.89. The van der Waals surface area contributed by atoms with E-state index in [4.69, 9.17) is 4.74 Å². The summed E-state index contributed by atoms with van der Waals surface area (Å²) in [5.74, 6) is 0. The van der Waals surface area contributed by atoms with E-state index in [1.807, 2.05) is 0 Å². The number of morpholine rings is 1. The number of rotatable bonds is 3. The molecule has 1 saturated carbocycles. The molecule has 1 saturated heterocycles. The average molecular weight is 239 g/mol. The Morgan fingerprint density at radius 3 is 2.41 bits per heavy atom. The molecule has 2 atom stereocenters. The van der Waals surface area contributed by atoms with Crippen LogP contribution in [0.5, 0.6) is 0 Å². The first-order valence-electron chi connectivity index (χ1n) is 7.71. The lowest BCUT2D eigenvalue weighted by Gasteiger charge is -2.45. The highest BCUT2D eigenvalue weighted by atomic mass is 16.5. The van der Waals surface area contributed by atoms with E-state index in [0.717, 1.165) is 6.54 Å². The molecule has 0 bridgehead atoms. The maximum Gasteiger partial charge on any atom is 0.0810 e. The van der Waals surface area contributed by atoms with Crippen molar-refractivity contribution in [2.24, 2.45) is 0 Å². The third kappa shape index (κ3) is 3.23. The monoisotopic (exact) mass is 239 g/mol. The smallest absolute Gasteiger partial charge is 0.0810 e. The van der Waals surface area contributed by atoms with Gasteiger partial charge in [0, 0.05) is 12.6 Å². The Labute approximate surface area is 107 Å². The van der Waals surface area contributed by atoms with Gasteiger partial charge in [-0.2, -0.15) is 0 Å². The van der Waals surface area contributed by atoms with Crippen molar-refractivity contribution in [2.45, 2.75) is 89.4 Å². The highest BCUT2D eigenvalue weighted by molar-refractivity contribution is 4.94. The van der Waals surface area contributed by atoms with Gasteiger partial charge in [0.1, 0.15) is 0 Å². The van der Waals surface area contributed by atoms with Crippen LogP contribution in [0, 0.1) is 0 Å². The van der Waals surface area contributed by atoms with Crippen molar-refractivity contribution in [1.82, 2.24) is 5.32 Å². The van der Waals surface area contributed by atoms with Crippen LogP contribution in [0.1, 0.15) is 71.6 Å². The van der Waals surface area contributed by atoms with Crippen molar-refractivity contribution in [2.75, 3.05) is 6.54 Å². The van der Waals surface area contributed by atoms with Crippen molar-refractivity contribution in [3.05, 3.63) is 0 Å². The molecule has 2 unspecified atom stereocenters. The number of hydrogen-bond donors (Lipinski definition) is 1. The molecule has 100 valence electrons. The third-order valence-corrected chi connectivity index (χ3v) is 4.56. The Morgan fingerprint density at radius 2 is 1.82 bits per heavy atom. The first kappa shape index (κ1) is 13.4. The summed E-state index contributed by atoms with van der Waals surface area (Å²) < 4.78 is 6.58. The van der Waals surface area contributed by atoms with E-state index in [9.17, 15) is 0 Å². The van der Waals surface area contributed by atoms with E-state index in [2.05, 4.69) is 19.2 Å². The molecule has 1 aliphatic heterocycles. The van der Waals surface area contributed by atoms with Crippen molar-refractivity contribution in [3.8, 4) is 0 Å². The molecule has 1 aliphatic carbocycles. The van der Waals surface area contributed by atoms with Crippen LogP contribution in [0.15, 0.2) is 0 Å². The maximum absolute atomic E-state index is 6.58. The average Bonchev–Trinajstić information content (AvgIpc) is 2.56. The summed E-state index contributed by atoms with van der Waals surface area (Å²) in [6.07, 6.45) is 12.2. The van der Waals surface area contributed by atoms with Gasteiger partial charge in [-0.1, -0.05) is 46.0 Å². The molecular weight excluding hydrogens is 210 g/mol. The Morgan fingerprint density at radius 1 is 1.12 bits per heavy atom. The zero-order chi connectivity index (χ0) is 12.1. The fraction of sp³-hybridized carbons (Fsp3) is 1.00. The Hall–Kier alpha value is -0.0800. The number of nitrogens with one attached hydrogen (secondary N) is 1. The first-order valence-corrected chi connectivity index (χ1v) is 7.71. The predicted octanol–water partition coefficient (Wildman–Crippen LogP) is 3.65. The van der Waals surface area contributed by atoms with Gasteiger partial charge in [0.25, 0.3) is 0 Å². The summed E-state index contributed by atoms with van der Waals surface area (Å²) in [7, 11) is 0. The second-order valence-corrected chi connectivity index (χ2v) is 5.94. The summed E-state index contributed by atoms with van der Waals surface area (Å²) in [5, 5.41) is 3.77. The standard InChI is InChI=1S/C15H29NO/c1-3-9-14-13(4-2)16-12-15(17-14)10-7-5-6-8-11-15/h13-14,16H,3-12H2,1-2H3. The second-order valence-electron chi connectivity index (χ2n) is 5.94. The minimum absolute atomic E-state index is 0.183. The summed E-state index contributed by atoms with van der Waals surface area (Å²) in [6.45, 7) is 5.63. The van der Waals surface area contributed by atoms with E-state index in [0.29, 0.717) is 12.1 Å². The van der Waals surface area contributed by atoms with Gasteiger partial charge in [0.2, 0.25) is 0 Å². The van der Waals surface area contributed by atoms with Crippen molar-refractivity contribution < 1.29 is 4.74 Å². The van der Waals surface area contributed by atoms with Crippen LogP contribution in [0.25, 0.3) is 0 Å². The summed E-state index contributed by atoms with van der Waals surface area (Å²) in [5.41, 5.74) is 0.183. The minimum Gasteiger partial charge on any atom is -0.369 e. The quantitative estimate of drug-likeness (QED) is 0.811. The van der Waals surface area contributed by atoms with Gasteiger partial charge < -0.3 is 10.1 Å². The van der Waals surface area contributed by atoms with E-state index in [-0.39, 0.29) is 5.60 Å². The molecule has 0 radical (unpaired) electrons. The fourth-order valence-electron chi connectivity index (χ4n) is 3.51. The van der Waals surface area contributed by atoms with Crippen LogP contribution in [0.3, 0.4) is 0 Å². The zero-order valence-electron chi connectivity index (χ0n) is 11.6. The molecule has 0 aromatic carbocycles. The third-order valence-electron chi connectivity index (χ3n) is 4.56. The van der Waals surface area contributed by atoms with Crippen LogP contribution >= 0.6 is 0 Å². The molecule has 0 aromatic rings. The lowest BCUT2D eigenvalue weighted by molar-refractivity contribution is -0.145. The Bertz CT molecular complexity index is 221. The van der Waals surface area contributed by atoms with Crippen LogP contribution < -0.4 is 5.32 Å². The van der Waals surface area contributed by atoms with E-state index >= 15 is 0 Å². The van der Waals surface area contributed by atoms with Gasteiger partial charge in [-0.05, 0) is 25.7 Å². The van der Waals surface area contributed by atoms with Crippen LogP contribution in [-0.2, 0) is 4.74 Å². The predicted molar refractivity (Wildman–Crippen MR) is 72.3 cm³/mol.